The third-order valence-electron chi connectivity index (χ3n) is 4.09. The van der Waals surface area contributed by atoms with Crippen LogP contribution < -0.4 is 5.32 Å². The maximum atomic E-state index is 12.2. The molecule has 106 valence electrons. The van der Waals surface area contributed by atoms with E-state index in [9.17, 15) is 13.2 Å². The van der Waals surface area contributed by atoms with Crippen LogP contribution >= 0.6 is 11.8 Å². The highest BCUT2D eigenvalue weighted by Gasteiger charge is 2.39. The molecule has 0 unspecified atom stereocenters. The molecule has 1 aliphatic heterocycles. The monoisotopic (exact) mass is 282 g/mol. The van der Waals surface area contributed by atoms with E-state index in [1.807, 2.05) is 0 Å². The SMILES string of the molecule is FC(F)(F)SCCN1CCNCC12CCCCC2. The molecule has 1 N–H and O–H groups in total. The summed E-state index contributed by atoms with van der Waals surface area (Å²) in [5.74, 6) is 0.158. The van der Waals surface area contributed by atoms with Crippen molar-refractivity contribution in [2.45, 2.75) is 43.2 Å². The van der Waals surface area contributed by atoms with Gasteiger partial charge in [-0.3, -0.25) is 4.90 Å². The van der Waals surface area contributed by atoms with Gasteiger partial charge in [-0.1, -0.05) is 19.3 Å². The Kier molecular flexibility index (Phi) is 4.83. The number of nitrogens with zero attached hydrogens (tertiary/aromatic N) is 1. The third kappa shape index (κ3) is 3.78. The zero-order chi connectivity index (χ0) is 13.1. The molecular formula is C12H21F3N2S. The van der Waals surface area contributed by atoms with Gasteiger partial charge in [0.15, 0.2) is 0 Å². The first kappa shape index (κ1) is 14.5. The van der Waals surface area contributed by atoms with E-state index in [0.29, 0.717) is 6.54 Å². The molecule has 0 atom stereocenters. The molecule has 1 saturated carbocycles. The number of halogens is 3. The summed E-state index contributed by atoms with van der Waals surface area (Å²) < 4.78 is 36.5. The molecule has 0 bridgehead atoms. The Morgan fingerprint density at radius 3 is 2.56 bits per heavy atom. The second-order valence-electron chi connectivity index (χ2n) is 5.24. The van der Waals surface area contributed by atoms with Crippen LogP contribution in [0, 0.1) is 0 Å². The number of piperazine rings is 1. The number of hydrogen-bond donors (Lipinski definition) is 1. The molecular weight excluding hydrogens is 261 g/mol. The number of hydrogen-bond acceptors (Lipinski definition) is 3. The zero-order valence-corrected chi connectivity index (χ0v) is 11.4. The summed E-state index contributed by atoms with van der Waals surface area (Å²) in [6.45, 7) is 3.30. The summed E-state index contributed by atoms with van der Waals surface area (Å²) in [6.07, 6.45) is 5.97. The van der Waals surface area contributed by atoms with Gasteiger partial charge in [-0.05, 0) is 24.6 Å². The van der Waals surface area contributed by atoms with Gasteiger partial charge in [0, 0.05) is 37.5 Å². The third-order valence-corrected chi connectivity index (χ3v) is 4.81. The molecule has 0 radical (unpaired) electrons. The highest BCUT2D eigenvalue weighted by molar-refractivity contribution is 8.00. The fraction of sp³-hybridized carbons (Fsp3) is 1.00. The lowest BCUT2D eigenvalue weighted by Gasteiger charge is -2.50. The summed E-state index contributed by atoms with van der Waals surface area (Å²) in [7, 11) is 0. The molecule has 2 nitrogen and oxygen atoms in total. The highest BCUT2D eigenvalue weighted by Crippen LogP contribution is 2.36. The molecule has 1 heterocycles. The van der Waals surface area contributed by atoms with E-state index in [1.54, 1.807) is 0 Å². The summed E-state index contributed by atoms with van der Waals surface area (Å²) in [6, 6.07) is 0. The Balaban J connectivity index is 1.87. The average Bonchev–Trinajstić information content (AvgIpc) is 2.31. The van der Waals surface area contributed by atoms with Gasteiger partial charge in [-0.25, -0.2) is 0 Å². The average molecular weight is 282 g/mol. The van der Waals surface area contributed by atoms with Crippen LogP contribution in [-0.2, 0) is 0 Å². The minimum absolute atomic E-state index is 0.112. The summed E-state index contributed by atoms with van der Waals surface area (Å²) in [5.41, 5.74) is -3.95. The van der Waals surface area contributed by atoms with Crippen molar-refractivity contribution in [2.75, 3.05) is 31.9 Å². The molecule has 6 heteroatoms. The van der Waals surface area contributed by atoms with Gasteiger partial charge in [-0.15, -0.1) is 0 Å². The molecule has 2 rings (SSSR count). The van der Waals surface area contributed by atoms with Crippen molar-refractivity contribution in [1.82, 2.24) is 10.2 Å². The molecule has 1 aliphatic carbocycles. The van der Waals surface area contributed by atoms with Gasteiger partial charge in [0.1, 0.15) is 0 Å². The van der Waals surface area contributed by atoms with Crippen LogP contribution in [0.3, 0.4) is 0 Å². The van der Waals surface area contributed by atoms with Crippen molar-refractivity contribution in [3.05, 3.63) is 0 Å². The van der Waals surface area contributed by atoms with Gasteiger partial charge < -0.3 is 5.32 Å². The van der Waals surface area contributed by atoms with E-state index < -0.39 is 5.51 Å². The molecule has 1 saturated heterocycles. The Labute approximate surface area is 111 Å². The summed E-state index contributed by atoms with van der Waals surface area (Å²) in [4.78, 5) is 2.31. The Morgan fingerprint density at radius 1 is 1.17 bits per heavy atom. The lowest BCUT2D eigenvalue weighted by atomic mass is 9.79. The molecule has 18 heavy (non-hydrogen) atoms. The van der Waals surface area contributed by atoms with E-state index >= 15 is 0 Å². The normalized spacial score (nSPS) is 25.5. The minimum Gasteiger partial charge on any atom is -0.314 e. The van der Waals surface area contributed by atoms with Crippen LogP contribution in [0.25, 0.3) is 0 Å². The molecule has 2 fully saturated rings. The fourth-order valence-electron chi connectivity index (χ4n) is 3.21. The van der Waals surface area contributed by atoms with Gasteiger partial charge in [0.05, 0.1) is 0 Å². The predicted octanol–water partition coefficient (Wildman–Crippen LogP) is 2.85. The van der Waals surface area contributed by atoms with Gasteiger partial charge in [-0.2, -0.15) is 13.2 Å². The fourth-order valence-corrected chi connectivity index (χ4v) is 3.75. The van der Waals surface area contributed by atoms with Crippen LogP contribution in [0.15, 0.2) is 0 Å². The van der Waals surface area contributed by atoms with Crippen LogP contribution in [0.5, 0.6) is 0 Å². The lowest BCUT2D eigenvalue weighted by molar-refractivity contribution is -0.0333. The molecule has 0 amide bonds. The van der Waals surface area contributed by atoms with E-state index in [0.717, 1.165) is 32.5 Å². The Hall–Kier alpha value is 0.0600. The van der Waals surface area contributed by atoms with Crippen molar-refractivity contribution in [2.24, 2.45) is 0 Å². The van der Waals surface area contributed by atoms with Crippen LogP contribution in [0.2, 0.25) is 0 Å². The number of alkyl halides is 3. The number of nitrogens with one attached hydrogen (secondary N) is 1. The minimum atomic E-state index is -4.09. The van der Waals surface area contributed by atoms with Crippen LogP contribution in [0.4, 0.5) is 13.2 Å². The smallest absolute Gasteiger partial charge is 0.314 e. The topological polar surface area (TPSA) is 15.3 Å². The maximum absolute atomic E-state index is 12.2. The Bertz CT molecular complexity index is 256. The quantitative estimate of drug-likeness (QED) is 0.857. The predicted molar refractivity (Wildman–Crippen MR) is 68.8 cm³/mol. The van der Waals surface area contributed by atoms with E-state index in [2.05, 4.69) is 10.2 Å². The first-order chi connectivity index (χ1) is 8.52. The van der Waals surface area contributed by atoms with Crippen molar-refractivity contribution in [3.8, 4) is 0 Å². The van der Waals surface area contributed by atoms with Crippen molar-refractivity contribution >= 4 is 11.8 Å². The maximum Gasteiger partial charge on any atom is 0.441 e. The second kappa shape index (κ2) is 6.01. The first-order valence-corrected chi connectivity index (χ1v) is 7.67. The van der Waals surface area contributed by atoms with E-state index in [1.165, 1.54) is 19.3 Å². The van der Waals surface area contributed by atoms with Gasteiger partial charge in [0.25, 0.3) is 0 Å². The van der Waals surface area contributed by atoms with Gasteiger partial charge in [0.2, 0.25) is 0 Å². The van der Waals surface area contributed by atoms with Crippen molar-refractivity contribution in [3.63, 3.8) is 0 Å². The number of rotatable bonds is 3. The molecule has 0 aromatic carbocycles. The molecule has 0 aromatic rings. The lowest BCUT2D eigenvalue weighted by Crippen LogP contribution is -2.62. The standard InChI is InChI=1S/C12H21F3N2S/c13-12(14,15)18-9-8-17-7-6-16-10-11(17)4-2-1-3-5-11/h16H,1-10H2. The summed E-state index contributed by atoms with van der Waals surface area (Å²) >= 11 is 0.112. The van der Waals surface area contributed by atoms with Crippen LogP contribution in [0.1, 0.15) is 32.1 Å². The second-order valence-corrected chi connectivity index (χ2v) is 6.40. The molecule has 1 spiro atoms. The zero-order valence-electron chi connectivity index (χ0n) is 10.6. The Morgan fingerprint density at radius 2 is 1.89 bits per heavy atom. The summed E-state index contributed by atoms with van der Waals surface area (Å²) in [5, 5.41) is 3.41. The molecule has 2 aliphatic rings. The van der Waals surface area contributed by atoms with Crippen LogP contribution in [-0.4, -0.2) is 47.9 Å². The van der Waals surface area contributed by atoms with E-state index in [-0.39, 0.29) is 23.1 Å². The van der Waals surface area contributed by atoms with E-state index in [4.69, 9.17) is 0 Å². The highest BCUT2D eigenvalue weighted by atomic mass is 32.2. The van der Waals surface area contributed by atoms with Crippen molar-refractivity contribution in [1.29, 1.82) is 0 Å². The van der Waals surface area contributed by atoms with Crippen molar-refractivity contribution < 1.29 is 13.2 Å². The molecule has 0 aromatic heterocycles. The van der Waals surface area contributed by atoms with Gasteiger partial charge >= 0.3 is 5.51 Å². The first-order valence-electron chi connectivity index (χ1n) is 6.68. The number of thioether (sulfide) groups is 1. The largest absolute Gasteiger partial charge is 0.441 e.